The molecule has 1 aliphatic carbocycles. The summed E-state index contributed by atoms with van der Waals surface area (Å²) in [5.74, 6) is 1.81. The van der Waals surface area contributed by atoms with Crippen molar-refractivity contribution in [1.82, 2.24) is 14.9 Å². The fraction of sp³-hybridized carbons (Fsp3) is 0.778. The maximum Gasteiger partial charge on any atom is 0.130 e. The molecule has 2 unspecified atom stereocenters. The van der Waals surface area contributed by atoms with Crippen molar-refractivity contribution in [2.75, 3.05) is 18.4 Å². The maximum atomic E-state index is 10.2. The Morgan fingerprint density at radius 3 is 2.61 bits per heavy atom. The van der Waals surface area contributed by atoms with Gasteiger partial charge in [-0.2, -0.15) is 0 Å². The highest BCUT2D eigenvalue weighted by molar-refractivity contribution is 5.37. The number of hydrogen-bond acceptors (Lipinski definition) is 5. The Hall–Kier alpha value is -1.20. The molecule has 1 aromatic heterocycles. The number of hydrogen-bond donors (Lipinski definition) is 2. The average molecular weight is 318 g/mol. The molecule has 23 heavy (non-hydrogen) atoms. The molecule has 1 saturated carbocycles. The zero-order valence-electron chi connectivity index (χ0n) is 14.5. The summed E-state index contributed by atoms with van der Waals surface area (Å²) >= 11 is 0. The lowest BCUT2D eigenvalue weighted by molar-refractivity contribution is 0.00992. The van der Waals surface area contributed by atoms with Gasteiger partial charge in [-0.05, 0) is 39.0 Å². The number of piperidine rings is 1. The monoisotopic (exact) mass is 318 g/mol. The minimum absolute atomic E-state index is 0.120. The molecule has 2 heterocycles. The lowest BCUT2D eigenvalue weighted by Crippen LogP contribution is -2.50. The molecular weight excluding hydrogens is 288 g/mol. The van der Waals surface area contributed by atoms with Crippen LogP contribution in [0.25, 0.3) is 0 Å². The van der Waals surface area contributed by atoms with E-state index in [0.717, 1.165) is 62.5 Å². The van der Waals surface area contributed by atoms with Gasteiger partial charge < -0.3 is 10.4 Å². The number of likely N-dealkylation sites (tertiary alicyclic amines) is 1. The first kappa shape index (κ1) is 16.7. The van der Waals surface area contributed by atoms with Crippen molar-refractivity contribution >= 4 is 5.82 Å². The topological polar surface area (TPSA) is 61.3 Å². The van der Waals surface area contributed by atoms with Crippen LogP contribution < -0.4 is 5.32 Å². The quantitative estimate of drug-likeness (QED) is 0.893. The second-order valence-electron chi connectivity index (χ2n) is 7.02. The smallest absolute Gasteiger partial charge is 0.130 e. The van der Waals surface area contributed by atoms with E-state index in [1.807, 2.05) is 6.92 Å². The van der Waals surface area contributed by atoms with Gasteiger partial charge in [-0.25, -0.2) is 9.97 Å². The highest BCUT2D eigenvalue weighted by Crippen LogP contribution is 2.26. The van der Waals surface area contributed by atoms with E-state index in [1.54, 1.807) is 0 Å². The first-order valence-corrected chi connectivity index (χ1v) is 9.19. The molecule has 1 aromatic rings. The van der Waals surface area contributed by atoms with Crippen molar-refractivity contribution in [3.63, 3.8) is 0 Å². The summed E-state index contributed by atoms with van der Waals surface area (Å²) in [5.41, 5.74) is 1.10. The Morgan fingerprint density at radius 1 is 1.17 bits per heavy atom. The van der Waals surface area contributed by atoms with E-state index in [2.05, 4.69) is 33.2 Å². The summed E-state index contributed by atoms with van der Waals surface area (Å²) in [6.45, 7) is 6.23. The molecule has 0 aromatic carbocycles. The lowest BCUT2D eigenvalue weighted by atomic mass is 9.89. The van der Waals surface area contributed by atoms with Gasteiger partial charge in [-0.15, -0.1) is 0 Å². The van der Waals surface area contributed by atoms with Gasteiger partial charge in [0.2, 0.25) is 0 Å². The van der Waals surface area contributed by atoms with Gasteiger partial charge in [0, 0.05) is 36.9 Å². The number of nitrogens with zero attached hydrogens (tertiary/aromatic N) is 3. The Kier molecular flexibility index (Phi) is 5.49. The summed E-state index contributed by atoms with van der Waals surface area (Å²) in [6.07, 6.45) is 7.64. The van der Waals surface area contributed by atoms with Gasteiger partial charge >= 0.3 is 0 Å². The van der Waals surface area contributed by atoms with Crippen molar-refractivity contribution in [2.24, 2.45) is 0 Å². The predicted octanol–water partition coefficient (Wildman–Crippen LogP) is 2.53. The lowest BCUT2D eigenvalue weighted by Gasteiger charge is -2.41. The number of rotatable bonds is 4. The maximum absolute atomic E-state index is 10.2. The highest BCUT2D eigenvalue weighted by Gasteiger charge is 2.31. The summed E-state index contributed by atoms with van der Waals surface area (Å²) in [4.78, 5) is 11.5. The Labute approximate surface area is 139 Å². The zero-order chi connectivity index (χ0) is 16.2. The van der Waals surface area contributed by atoms with Crippen LogP contribution in [-0.4, -0.2) is 51.3 Å². The molecule has 0 amide bonds. The number of aryl methyl sites for hydroxylation is 2. The summed E-state index contributed by atoms with van der Waals surface area (Å²) < 4.78 is 0. The van der Waals surface area contributed by atoms with Crippen molar-refractivity contribution in [3.05, 3.63) is 17.6 Å². The molecule has 1 aliphatic heterocycles. The zero-order valence-corrected chi connectivity index (χ0v) is 14.5. The van der Waals surface area contributed by atoms with Crippen molar-refractivity contribution < 1.29 is 5.11 Å². The molecular formula is C18H30N4O. The largest absolute Gasteiger partial charge is 0.391 e. The normalized spacial score (nSPS) is 27.1. The molecule has 1 saturated heterocycles. The third-order valence-electron chi connectivity index (χ3n) is 5.30. The second kappa shape index (κ2) is 7.58. The minimum Gasteiger partial charge on any atom is -0.391 e. The van der Waals surface area contributed by atoms with Crippen LogP contribution in [0.2, 0.25) is 0 Å². The van der Waals surface area contributed by atoms with E-state index in [-0.39, 0.29) is 6.10 Å². The average Bonchev–Trinajstić information content (AvgIpc) is 2.55. The van der Waals surface area contributed by atoms with E-state index >= 15 is 0 Å². The molecule has 0 radical (unpaired) electrons. The first-order chi connectivity index (χ1) is 11.2. The van der Waals surface area contributed by atoms with Gasteiger partial charge in [0.25, 0.3) is 0 Å². The minimum atomic E-state index is -0.120. The van der Waals surface area contributed by atoms with Crippen LogP contribution in [0.3, 0.4) is 0 Å². The summed E-state index contributed by atoms with van der Waals surface area (Å²) in [7, 11) is 0. The van der Waals surface area contributed by atoms with Crippen LogP contribution in [-0.2, 0) is 6.42 Å². The van der Waals surface area contributed by atoms with Crippen LogP contribution in [0.1, 0.15) is 57.0 Å². The van der Waals surface area contributed by atoms with Crippen LogP contribution >= 0.6 is 0 Å². The van der Waals surface area contributed by atoms with Gasteiger partial charge in [-0.1, -0.05) is 19.8 Å². The molecule has 0 bridgehead atoms. The fourth-order valence-corrected chi connectivity index (χ4v) is 3.99. The number of aliphatic hydroxyl groups is 1. The van der Waals surface area contributed by atoms with E-state index in [0.29, 0.717) is 12.1 Å². The van der Waals surface area contributed by atoms with Crippen molar-refractivity contribution in [2.45, 2.75) is 77.0 Å². The van der Waals surface area contributed by atoms with Gasteiger partial charge in [0.15, 0.2) is 0 Å². The Bertz CT molecular complexity index is 514. The van der Waals surface area contributed by atoms with Gasteiger partial charge in [0.1, 0.15) is 11.6 Å². The summed E-state index contributed by atoms with van der Waals surface area (Å²) in [6, 6.07) is 2.94. The van der Waals surface area contributed by atoms with Crippen LogP contribution in [0.15, 0.2) is 6.07 Å². The number of aliphatic hydroxyl groups excluding tert-OH is 1. The number of anilines is 1. The summed E-state index contributed by atoms with van der Waals surface area (Å²) in [5, 5.41) is 13.8. The third kappa shape index (κ3) is 4.21. The van der Waals surface area contributed by atoms with Gasteiger partial charge in [-0.3, -0.25) is 4.90 Å². The van der Waals surface area contributed by atoms with Gasteiger partial charge in [0.05, 0.1) is 6.10 Å². The van der Waals surface area contributed by atoms with Crippen molar-refractivity contribution in [3.8, 4) is 0 Å². The third-order valence-corrected chi connectivity index (χ3v) is 5.30. The second-order valence-corrected chi connectivity index (χ2v) is 7.02. The SMILES string of the molecule is CCc1cc(NC2CCN(C3CCCCC3O)CC2)nc(C)n1. The molecule has 2 aliphatic rings. The van der Waals surface area contributed by atoms with E-state index in [4.69, 9.17) is 0 Å². The van der Waals surface area contributed by atoms with Crippen LogP contribution in [0.5, 0.6) is 0 Å². The molecule has 2 N–H and O–H groups in total. The highest BCUT2D eigenvalue weighted by atomic mass is 16.3. The Morgan fingerprint density at radius 2 is 1.91 bits per heavy atom. The van der Waals surface area contributed by atoms with Crippen molar-refractivity contribution in [1.29, 1.82) is 0 Å². The Balaban J connectivity index is 1.54. The molecule has 2 fully saturated rings. The van der Waals surface area contributed by atoms with Crippen LogP contribution in [0.4, 0.5) is 5.82 Å². The molecule has 128 valence electrons. The molecule has 5 heteroatoms. The van der Waals surface area contributed by atoms with E-state index < -0.39 is 0 Å². The number of aromatic nitrogens is 2. The predicted molar refractivity (Wildman–Crippen MR) is 92.6 cm³/mol. The first-order valence-electron chi connectivity index (χ1n) is 9.19. The molecule has 5 nitrogen and oxygen atoms in total. The van der Waals surface area contributed by atoms with Crippen LogP contribution in [0, 0.1) is 6.92 Å². The van der Waals surface area contributed by atoms with E-state index in [9.17, 15) is 5.11 Å². The fourth-order valence-electron chi connectivity index (χ4n) is 3.99. The standard InChI is InChI=1S/C18H30N4O/c1-3-14-12-18(20-13(2)19-14)21-15-8-10-22(11-9-15)16-6-4-5-7-17(16)23/h12,15-17,23H,3-11H2,1-2H3,(H,19,20,21). The van der Waals surface area contributed by atoms with E-state index in [1.165, 1.54) is 12.8 Å². The molecule has 2 atom stereocenters. The molecule has 3 rings (SSSR count). The number of nitrogens with one attached hydrogen (secondary N) is 1. The molecule has 0 spiro atoms.